The minimum absolute atomic E-state index is 0.0596. The van der Waals surface area contributed by atoms with Crippen LogP contribution in [0.1, 0.15) is 31.4 Å². The van der Waals surface area contributed by atoms with Crippen molar-refractivity contribution in [3.8, 4) is 0 Å². The summed E-state index contributed by atoms with van der Waals surface area (Å²) >= 11 is 3.09. The summed E-state index contributed by atoms with van der Waals surface area (Å²) in [5, 5.41) is 8.99. The average Bonchev–Trinajstić information content (AvgIpc) is 3.24. The Morgan fingerprint density at radius 2 is 1.95 bits per heavy atom. The molecule has 2 aliphatic rings. The van der Waals surface area contributed by atoms with E-state index >= 15 is 0 Å². The van der Waals surface area contributed by atoms with Crippen LogP contribution in [0.2, 0.25) is 0 Å². The number of furan rings is 1. The van der Waals surface area contributed by atoms with Crippen molar-refractivity contribution >= 4 is 26.0 Å². The minimum Gasteiger partial charge on any atom is -0.450 e. The van der Waals surface area contributed by atoms with Crippen LogP contribution >= 0.6 is 15.9 Å². The third-order valence-corrected chi connectivity index (χ3v) is 6.02. The first-order chi connectivity index (χ1) is 9.01. The Morgan fingerprint density at radius 3 is 2.37 bits per heavy atom. The summed E-state index contributed by atoms with van der Waals surface area (Å²) in [5.41, 5.74) is 0. The molecule has 0 unspecified atom stereocenters. The lowest BCUT2D eigenvalue weighted by atomic mass is 10.1. The fourth-order valence-corrected chi connectivity index (χ4v) is 4.76. The maximum Gasteiger partial charge on any atom is 0.245 e. The number of nitrogens with one attached hydrogen (secondary N) is 1. The summed E-state index contributed by atoms with van der Waals surface area (Å²) in [5.74, 6) is 1.22. The number of rotatable bonds is 6. The zero-order chi connectivity index (χ0) is 13.6. The predicted molar refractivity (Wildman–Crippen MR) is 71.9 cm³/mol. The van der Waals surface area contributed by atoms with Gasteiger partial charge in [0.1, 0.15) is 17.3 Å². The molecule has 1 aromatic heterocycles. The van der Waals surface area contributed by atoms with Gasteiger partial charge in [-0.2, -0.15) is 0 Å². The highest BCUT2D eigenvalue weighted by Gasteiger charge is 2.44. The Labute approximate surface area is 120 Å². The van der Waals surface area contributed by atoms with Crippen molar-refractivity contribution in [3.05, 3.63) is 16.5 Å². The average molecular weight is 350 g/mol. The van der Waals surface area contributed by atoms with Crippen molar-refractivity contribution in [2.45, 2.75) is 43.2 Å². The number of sulfonamides is 1. The van der Waals surface area contributed by atoms with E-state index in [0.717, 1.165) is 25.7 Å². The van der Waals surface area contributed by atoms with Crippen LogP contribution < -0.4 is 4.72 Å². The van der Waals surface area contributed by atoms with E-state index in [1.54, 1.807) is 0 Å². The monoisotopic (exact) mass is 349 g/mol. The molecule has 2 fully saturated rings. The maximum atomic E-state index is 12.4. The molecule has 2 N–H and O–H groups in total. The van der Waals surface area contributed by atoms with Gasteiger partial charge in [0.05, 0.1) is 0 Å². The summed E-state index contributed by atoms with van der Waals surface area (Å²) in [6, 6.07) is 1.42. The van der Waals surface area contributed by atoms with E-state index < -0.39 is 10.0 Å². The van der Waals surface area contributed by atoms with E-state index in [1.807, 2.05) is 0 Å². The fraction of sp³-hybridized carbons (Fsp3) is 0.667. The summed E-state index contributed by atoms with van der Waals surface area (Å²) in [6.07, 6.45) is 4.44. The minimum atomic E-state index is -3.59. The van der Waals surface area contributed by atoms with Crippen molar-refractivity contribution in [1.82, 2.24) is 4.72 Å². The van der Waals surface area contributed by atoms with Crippen LogP contribution in [0.15, 0.2) is 20.0 Å². The van der Waals surface area contributed by atoms with Gasteiger partial charge in [-0.05, 0) is 53.4 Å². The lowest BCUT2D eigenvalue weighted by Crippen LogP contribution is -2.38. The third kappa shape index (κ3) is 2.89. The molecule has 3 rings (SSSR count). The molecular formula is C12H16BrNO4S. The van der Waals surface area contributed by atoms with E-state index in [4.69, 9.17) is 9.52 Å². The Balaban J connectivity index is 1.82. The highest BCUT2D eigenvalue weighted by atomic mass is 79.9. The van der Waals surface area contributed by atoms with E-state index in [2.05, 4.69) is 20.7 Å². The molecule has 2 aliphatic carbocycles. The van der Waals surface area contributed by atoms with Crippen LogP contribution in [-0.2, 0) is 16.6 Å². The summed E-state index contributed by atoms with van der Waals surface area (Å²) < 4.78 is 32.8. The Bertz CT molecular complexity index is 563. The molecule has 0 atom stereocenters. The highest BCUT2D eigenvalue weighted by Crippen LogP contribution is 2.45. The molecule has 0 amide bonds. The first kappa shape index (κ1) is 13.6. The predicted octanol–water partition coefficient (Wildman–Crippen LogP) is 2.00. The first-order valence-corrected chi connectivity index (χ1v) is 8.70. The van der Waals surface area contributed by atoms with Crippen LogP contribution in [0.4, 0.5) is 0 Å². The summed E-state index contributed by atoms with van der Waals surface area (Å²) in [6.45, 7) is -0.317. The SMILES string of the molecule is O=S(=O)(NC(C1CC1)C1CC1)c1cc(CO)oc1Br. The second-order valence-electron chi connectivity index (χ2n) is 5.33. The Hall–Kier alpha value is -0.370. The van der Waals surface area contributed by atoms with Gasteiger partial charge in [0.2, 0.25) is 10.0 Å². The molecule has 0 spiro atoms. The molecule has 106 valence electrons. The first-order valence-electron chi connectivity index (χ1n) is 6.42. The molecule has 0 bridgehead atoms. The molecule has 2 saturated carbocycles. The maximum absolute atomic E-state index is 12.4. The molecule has 5 nitrogen and oxygen atoms in total. The van der Waals surface area contributed by atoms with Crippen molar-refractivity contribution in [2.24, 2.45) is 11.8 Å². The van der Waals surface area contributed by atoms with Crippen molar-refractivity contribution in [3.63, 3.8) is 0 Å². The molecule has 0 aliphatic heterocycles. The van der Waals surface area contributed by atoms with Gasteiger partial charge in [0, 0.05) is 12.1 Å². The standard InChI is InChI=1S/C12H16BrNO4S/c13-12-10(5-9(6-15)18-12)19(16,17)14-11(7-1-2-7)8-3-4-8/h5,7-8,11,14-15H,1-4,6H2. The van der Waals surface area contributed by atoms with Gasteiger partial charge in [-0.3, -0.25) is 0 Å². The summed E-state index contributed by atoms with van der Waals surface area (Å²) in [4.78, 5) is 0.0721. The van der Waals surface area contributed by atoms with Crippen molar-refractivity contribution in [2.75, 3.05) is 0 Å². The molecule has 1 heterocycles. The van der Waals surface area contributed by atoms with Crippen molar-refractivity contribution in [1.29, 1.82) is 0 Å². The second kappa shape index (κ2) is 4.87. The normalized spacial score (nSPS) is 20.2. The van der Waals surface area contributed by atoms with Crippen molar-refractivity contribution < 1.29 is 17.9 Å². The number of hydrogen-bond donors (Lipinski definition) is 2. The van der Waals surface area contributed by atoms with Crippen LogP contribution in [0.25, 0.3) is 0 Å². The smallest absolute Gasteiger partial charge is 0.245 e. The zero-order valence-electron chi connectivity index (χ0n) is 10.3. The molecular weight excluding hydrogens is 334 g/mol. The number of hydrogen-bond acceptors (Lipinski definition) is 4. The van der Waals surface area contributed by atoms with Crippen LogP contribution in [-0.4, -0.2) is 19.6 Å². The summed E-state index contributed by atoms with van der Waals surface area (Å²) in [7, 11) is -3.59. The van der Waals surface area contributed by atoms with Gasteiger partial charge in [-0.15, -0.1) is 0 Å². The number of aliphatic hydroxyl groups excluding tert-OH is 1. The van der Waals surface area contributed by atoms with E-state index in [0.29, 0.717) is 11.8 Å². The van der Waals surface area contributed by atoms with Gasteiger partial charge in [0.25, 0.3) is 0 Å². The van der Waals surface area contributed by atoms with E-state index in [-0.39, 0.29) is 28.0 Å². The van der Waals surface area contributed by atoms with Crippen LogP contribution in [0.5, 0.6) is 0 Å². The molecule has 0 radical (unpaired) electrons. The third-order valence-electron chi connectivity index (χ3n) is 3.70. The quantitative estimate of drug-likeness (QED) is 0.823. The zero-order valence-corrected chi connectivity index (χ0v) is 12.7. The molecule has 7 heteroatoms. The van der Waals surface area contributed by atoms with Gasteiger partial charge >= 0.3 is 0 Å². The second-order valence-corrected chi connectivity index (χ2v) is 7.73. The molecule has 0 aromatic carbocycles. The molecule has 0 saturated heterocycles. The largest absolute Gasteiger partial charge is 0.450 e. The number of halogens is 1. The van der Waals surface area contributed by atoms with E-state index in [9.17, 15) is 8.42 Å². The van der Waals surface area contributed by atoms with Gasteiger partial charge in [-0.1, -0.05) is 0 Å². The lowest BCUT2D eigenvalue weighted by Gasteiger charge is -2.17. The van der Waals surface area contributed by atoms with Crippen LogP contribution in [0, 0.1) is 11.8 Å². The number of aliphatic hydroxyl groups is 1. The highest BCUT2D eigenvalue weighted by molar-refractivity contribution is 9.10. The molecule has 1 aromatic rings. The van der Waals surface area contributed by atoms with E-state index in [1.165, 1.54) is 6.07 Å². The molecule has 19 heavy (non-hydrogen) atoms. The van der Waals surface area contributed by atoms with Gasteiger partial charge in [-0.25, -0.2) is 13.1 Å². The Kier molecular flexibility index (Phi) is 3.49. The lowest BCUT2D eigenvalue weighted by molar-refractivity contribution is 0.245. The van der Waals surface area contributed by atoms with Gasteiger partial charge < -0.3 is 9.52 Å². The van der Waals surface area contributed by atoms with Gasteiger partial charge in [0.15, 0.2) is 4.67 Å². The Morgan fingerprint density at radius 1 is 1.37 bits per heavy atom. The van der Waals surface area contributed by atoms with Crippen LogP contribution in [0.3, 0.4) is 0 Å². The fourth-order valence-electron chi connectivity index (χ4n) is 2.39. The topological polar surface area (TPSA) is 79.5 Å².